The SMILES string of the molecule is CC1(C)CC(=O)C2=C(C1)Nc1ccccc1N(CC(=O)Nc1ccc(F)cc1)[C@H]2c1ccccc1. The fourth-order valence-electron chi connectivity index (χ4n) is 5.10. The van der Waals surface area contributed by atoms with Crippen molar-refractivity contribution >= 4 is 28.8 Å². The van der Waals surface area contributed by atoms with Gasteiger partial charge in [-0.05, 0) is 53.8 Å². The van der Waals surface area contributed by atoms with Gasteiger partial charge in [0.15, 0.2) is 5.78 Å². The number of anilines is 3. The maximum atomic E-state index is 13.6. The summed E-state index contributed by atoms with van der Waals surface area (Å²) in [5.74, 6) is -0.521. The van der Waals surface area contributed by atoms with E-state index < -0.39 is 6.04 Å². The summed E-state index contributed by atoms with van der Waals surface area (Å²) in [6.07, 6.45) is 1.18. The Labute approximate surface area is 204 Å². The number of Topliss-reactive ketones (excluding diaryl/α,β-unsaturated/α-hetero) is 1. The molecule has 0 bridgehead atoms. The number of para-hydroxylation sites is 2. The zero-order valence-corrected chi connectivity index (χ0v) is 19.8. The Balaban J connectivity index is 1.61. The molecule has 2 N–H and O–H groups in total. The average Bonchev–Trinajstić information content (AvgIpc) is 2.95. The number of ketones is 1. The zero-order chi connectivity index (χ0) is 24.6. The minimum Gasteiger partial charge on any atom is -0.357 e. The second kappa shape index (κ2) is 9.02. The summed E-state index contributed by atoms with van der Waals surface area (Å²) < 4.78 is 13.3. The van der Waals surface area contributed by atoms with Gasteiger partial charge in [0.1, 0.15) is 5.82 Å². The van der Waals surface area contributed by atoms with E-state index in [9.17, 15) is 14.0 Å². The van der Waals surface area contributed by atoms with Gasteiger partial charge in [0, 0.05) is 23.4 Å². The molecule has 5 nitrogen and oxygen atoms in total. The third-order valence-corrected chi connectivity index (χ3v) is 6.56. The number of hydrogen-bond donors (Lipinski definition) is 2. The van der Waals surface area contributed by atoms with E-state index in [0.29, 0.717) is 17.7 Å². The molecule has 2 aliphatic rings. The predicted molar refractivity (Wildman–Crippen MR) is 137 cm³/mol. The number of amides is 1. The molecule has 1 aliphatic carbocycles. The predicted octanol–water partition coefficient (Wildman–Crippen LogP) is 6.08. The highest BCUT2D eigenvalue weighted by Gasteiger charge is 2.41. The van der Waals surface area contributed by atoms with E-state index in [1.807, 2.05) is 59.5 Å². The Morgan fingerprint density at radius 2 is 1.69 bits per heavy atom. The van der Waals surface area contributed by atoms with Gasteiger partial charge in [0.25, 0.3) is 0 Å². The van der Waals surface area contributed by atoms with Crippen LogP contribution in [0.25, 0.3) is 0 Å². The summed E-state index contributed by atoms with van der Waals surface area (Å²) in [4.78, 5) is 28.9. The van der Waals surface area contributed by atoms with Gasteiger partial charge in [0.05, 0.1) is 24.0 Å². The molecule has 0 unspecified atom stereocenters. The van der Waals surface area contributed by atoms with Crippen molar-refractivity contribution in [1.82, 2.24) is 0 Å². The minimum absolute atomic E-state index is 0.0169. The molecule has 1 amide bonds. The van der Waals surface area contributed by atoms with Gasteiger partial charge in [-0.2, -0.15) is 0 Å². The van der Waals surface area contributed by atoms with Crippen molar-refractivity contribution in [3.05, 3.63) is 102 Å². The first-order valence-corrected chi connectivity index (χ1v) is 11.8. The smallest absolute Gasteiger partial charge is 0.243 e. The van der Waals surface area contributed by atoms with Crippen LogP contribution in [-0.2, 0) is 9.59 Å². The Morgan fingerprint density at radius 3 is 2.43 bits per heavy atom. The molecular weight excluding hydrogens is 441 g/mol. The van der Waals surface area contributed by atoms with Gasteiger partial charge in [-0.25, -0.2) is 4.39 Å². The van der Waals surface area contributed by atoms with E-state index in [0.717, 1.165) is 29.1 Å². The number of rotatable bonds is 4. The molecule has 0 saturated carbocycles. The summed E-state index contributed by atoms with van der Waals surface area (Å²) in [5.41, 5.74) is 4.63. The molecule has 178 valence electrons. The zero-order valence-electron chi connectivity index (χ0n) is 19.8. The van der Waals surface area contributed by atoms with Crippen LogP contribution in [0.2, 0.25) is 0 Å². The number of fused-ring (bicyclic) bond motifs is 1. The summed E-state index contributed by atoms with van der Waals surface area (Å²) in [5, 5.41) is 6.42. The van der Waals surface area contributed by atoms with Gasteiger partial charge in [-0.3, -0.25) is 9.59 Å². The number of nitrogens with zero attached hydrogens (tertiary/aromatic N) is 1. The number of benzene rings is 3. The number of halogens is 1. The molecule has 3 aromatic rings. The van der Waals surface area contributed by atoms with Gasteiger partial charge >= 0.3 is 0 Å². The van der Waals surface area contributed by atoms with E-state index >= 15 is 0 Å². The molecule has 1 atom stereocenters. The highest BCUT2D eigenvalue weighted by atomic mass is 19.1. The van der Waals surface area contributed by atoms with Crippen molar-refractivity contribution in [3.8, 4) is 0 Å². The fraction of sp³-hybridized carbons (Fsp3) is 0.241. The number of hydrogen-bond acceptors (Lipinski definition) is 4. The minimum atomic E-state index is -0.426. The Hall–Kier alpha value is -3.93. The van der Waals surface area contributed by atoms with Gasteiger partial charge < -0.3 is 15.5 Å². The molecule has 5 rings (SSSR count). The van der Waals surface area contributed by atoms with Crippen LogP contribution in [0.4, 0.5) is 21.5 Å². The van der Waals surface area contributed by atoms with E-state index in [4.69, 9.17) is 0 Å². The van der Waals surface area contributed by atoms with Gasteiger partial charge in [-0.15, -0.1) is 0 Å². The van der Waals surface area contributed by atoms with Crippen LogP contribution >= 0.6 is 0 Å². The van der Waals surface area contributed by atoms with Gasteiger partial charge in [0.2, 0.25) is 5.91 Å². The molecule has 0 saturated heterocycles. The molecule has 0 aromatic heterocycles. The molecule has 0 fully saturated rings. The molecule has 0 spiro atoms. The third kappa shape index (κ3) is 4.69. The van der Waals surface area contributed by atoms with E-state index in [-0.39, 0.29) is 29.5 Å². The molecular formula is C29H28FN3O2. The second-order valence-corrected chi connectivity index (χ2v) is 9.97. The van der Waals surface area contributed by atoms with Crippen LogP contribution in [0.1, 0.15) is 38.3 Å². The molecule has 1 aliphatic heterocycles. The lowest BCUT2D eigenvalue weighted by Crippen LogP contribution is -2.40. The molecule has 1 heterocycles. The summed E-state index contributed by atoms with van der Waals surface area (Å²) in [6.45, 7) is 4.24. The average molecular weight is 470 g/mol. The highest BCUT2D eigenvalue weighted by Crippen LogP contribution is 2.48. The molecule has 35 heavy (non-hydrogen) atoms. The highest BCUT2D eigenvalue weighted by molar-refractivity contribution is 6.02. The van der Waals surface area contributed by atoms with Crippen LogP contribution < -0.4 is 15.5 Å². The van der Waals surface area contributed by atoms with Crippen LogP contribution in [0.5, 0.6) is 0 Å². The number of nitrogens with one attached hydrogen (secondary N) is 2. The quantitative estimate of drug-likeness (QED) is 0.486. The standard InChI is InChI=1S/C29H28FN3O2/c1-29(2)16-23-27(25(34)17-29)28(19-8-4-3-5-9-19)33(24-11-7-6-10-22(24)32-23)18-26(35)31-21-14-12-20(30)13-15-21/h3-15,28,32H,16-18H2,1-2H3,(H,31,35)/t28-/m0/s1. The maximum Gasteiger partial charge on any atom is 0.243 e. The van der Waals surface area contributed by atoms with E-state index in [2.05, 4.69) is 24.5 Å². The van der Waals surface area contributed by atoms with Crippen molar-refractivity contribution < 1.29 is 14.0 Å². The first-order chi connectivity index (χ1) is 16.8. The molecule has 3 aromatic carbocycles. The number of carbonyl (C=O) groups excluding carboxylic acids is 2. The van der Waals surface area contributed by atoms with Crippen LogP contribution in [0.15, 0.2) is 90.1 Å². The molecule has 6 heteroatoms. The number of carbonyl (C=O) groups is 2. The Kier molecular flexibility index (Phi) is 5.89. The normalized spacial score (nSPS) is 18.8. The van der Waals surface area contributed by atoms with Crippen LogP contribution in [-0.4, -0.2) is 18.2 Å². The lowest BCUT2D eigenvalue weighted by Gasteiger charge is -2.37. The monoisotopic (exact) mass is 469 g/mol. The third-order valence-electron chi connectivity index (χ3n) is 6.56. The van der Waals surface area contributed by atoms with E-state index in [1.165, 1.54) is 24.3 Å². The Morgan fingerprint density at radius 1 is 1.00 bits per heavy atom. The van der Waals surface area contributed by atoms with Crippen molar-refractivity contribution in [2.45, 2.75) is 32.7 Å². The first kappa shape index (κ1) is 22.8. The topological polar surface area (TPSA) is 61.4 Å². The summed E-state index contributed by atoms with van der Waals surface area (Å²) >= 11 is 0. The van der Waals surface area contributed by atoms with Crippen molar-refractivity contribution in [1.29, 1.82) is 0 Å². The van der Waals surface area contributed by atoms with Crippen molar-refractivity contribution in [2.75, 3.05) is 22.1 Å². The van der Waals surface area contributed by atoms with Crippen LogP contribution in [0.3, 0.4) is 0 Å². The number of allylic oxidation sites excluding steroid dienone is 1. The van der Waals surface area contributed by atoms with Crippen molar-refractivity contribution in [3.63, 3.8) is 0 Å². The maximum absolute atomic E-state index is 13.6. The Bertz CT molecular complexity index is 1300. The molecule has 0 radical (unpaired) electrons. The first-order valence-electron chi connectivity index (χ1n) is 11.8. The lowest BCUT2D eigenvalue weighted by atomic mass is 9.73. The van der Waals surface area contributed by atoms with Crippen molar-refractivity contribution in [2.24, 2.45) is 5.41 Å². The largest absolute Gasteiger partial charge is 0.357 e. The van der Waals surface area contributed by atoms with E-state index in [1.54, 1.807) is 0 Å². The fourth-order valence-corrected chi connectivity index (χ4v) is 5.10. The lowest BCUT2D eigenvalue weighted by molar-refractivity contribution is -0.119. The summed E-state index contributed by atoms with van der Waals surface area (Å²) in [6, 6.07) is 22.9. The van der Waals surface area contributed by atoms with Gasteiger partial charge in [-0.1, -0.05) is 56.3 Å². The second-order valence-electron chi connectivity index (χ2n) is 9.97. The van der Waals surface area contributed by atoms with Crippen LogP contribution in [0, 0.1) is 11.2 Å². The summed E-state index contributed by atoms with van der Waals surface area (Å²) in [7, 11) is 0.